The van der Waals surface area contributed by atoms with Gasteiger partial charge < -0.3 is 9.47 Å². The quantitative estimate of drug-likeness (QED) is 0.860. The second-order valence-electron chi connectivity index (χ2n) is 9.75. The van der Waals surface area contributed by atoms with E-state index in [4.69, 9.17) is 9.47 Å². The molecule has 6 aliphatic rings. The average Bonchev–Trinajstić information content (AvgIpc) is 3.11. The third-order valence-electron chi connectivity index (χ3n) is 9.44. The molecule has 2 aromatic rings. The van der Waals surface area contributed by atoms with Crippen LogP contribution in [0.1, 0.15) is 48.8 Å². The Morgan fingerprint density at radius 1 is 0.964 bits per heavy atom. The lowest BCUT2D eigenvalue weighted by atomic mass is 9.33. The Morgan fingerprint density at radius 2 is 1.79 bits per heavy atom. The maximum Gasteiger partial charge on any atom is 0.129 e. The Hall–Kier alpha value is -1.84. The number of methoxy groups -OCH3 is 1. The van der Waals surface area contributed by atoms with Gasteiger partial charge in [-0.05, 0) is 55.8 Å². The predicted octanol–water partition coefficient (Wildman–Crippen LogP) is 4.09. The van der Waals surface area contributed by atoms with Crippen molar-refractivity contribution in [2.45, 2.75) is 61.2 Å². The highest BCUT2D eigenvalue weighted by Gasteiger charge is 2.81. The maximum absolute atomic E-state index is 6.97. The van der Waals surface area contributed by atoms with Crippen LogP contribution in [0.2, 0.25) is 0 Å². The van der Waals surface area contributed by atoms with Crippen LogP contribution in [0.3, 0.4) is 0 Å². The lowest BCUT2D eigenvalue weighted by molar-refractivity contribution is -0.265. The Balaban J connectivity index is 1.56. The van der Waals surface area contributed by atoms with E-state index in [9.17, 15) is 0 Å². The number of nitrogens with one attached hydrogen (secondary N) is 1. The molecule has 28 heavy (non-hydrogen) atoms. The molecule has 3 heteroatoms. The van der Waals surface area contributed by atoms with Gasteiger partial charge in [0.1, 0.15) is 17.6 Å². The largest absolute Gasteiger partial charge is 0.488 e. The molecular formula is C25H27NO2. The Kier molecular flexibility index (Phi) is 2.76. The van der Waals surface area contributed by atoms with E-state index in [2.05, 4.69) is 53.8 Å². The predicted molar refractivity (Wildman–Crippen MR) is 108 cm³/mol. The third kappa shape index (κ3) is 1.40. The average molecular weight is 373 g/mol. The number of piperidine rings is 1. The van der Waals surface area contributed by atoms with Crippen molar-refractivity contribution >= 4 is 0 Å². The highest BCUT2D eigenvalue weighted by molar-refractivity contribution is 5.60. The van der Waals surface area contributed by atoms with E-state index in [0.29, 0.717) is 0 Å². The van der Waals surface area contributed by atoms with Crippen molar-refractivity contribution < 1.29 is 9.47 Å². The molecule has 0 amide bonds. The summed E-state index contributed by atoms with van der Waals surface area (Å²) in [6.45, 7) is 1.01. The van der Waals surface area contributed by atoms with Crippen molar-refractivity contribution in [2.24, 2.45) is 5.41 Å². The Labute approximate surface area is 166 Å². The zero-order valence-corrected chi connectivity index (χ0v) is 16.5. The van der Waals surface area contributed by atoms with Crippen LogP contribution >= 0.6 is 0 Å². The zero-order chi connectivity index (χ0) is 18.6. The lowest BCUT2D eigenvalue weighted by Gasteiger charge is -2.74. The molecule has 4 bridgehead atoms. The number of rotatable bonds is 2. The highest BCUT2D eigenvalue weighted by atomic mass is 16.5. The van der Waals surface area contributed by atoms with Crippen LogP contribution < -0.4 is 10.1 Å². The van der Waals surface area contributed by atoms with Crippen molar-refractivity contribution in [2.75, 3.05) is 13.7 Å². The van der Waals surface area contributed by atoms with Crippen LogP contribution in [0.4, 0.5) is 0 Å². The van der Waals surface area contributed by atoms with Gasteiger partial charge in [-0.2, -0.15) is 0 Å². The van der Waals surface area contributed by atoms with Crippen LogP contribution in [-0.2, 0) is 22.0 Å². The fourth-order valence-corrected chi connectivity index (χ4v) is 8.53. The second-order valence-corrected chi connectivity index (χ2v) is 9.75. The second kappa shape index (κ2) is 4.83. The Bertz CT molecular complexity index is 977. The summed E-state index contributed by atoms with van der Waals surface area (Å²) in [5.41, 5.74) is 4.52. The molecule has 8 rings (SSSR count). The minimum atomic E-state index is -0.258. The summed E-state index contributed by atoms with van der Waals surface area (Å²) in [4.78, 5) is 0. The monoisotopic (exact) mass is 373 g/mol. The molecule has 1 N–H and O–H groups in total. The van der Waals surface area contributed by atoms with Crippen molar-refractivity contribution in [1.82, 2.24) is 5.32 Å². The molecule has 2 spiro atoms. The summed E-state index contributed by atoms with van der Waals surface area (Å²) in [5, 5.41) is 3.88. The van der Waals surface area contributed by atoms with Gasteiger partial charge in [0.2, 0.25) is 0 Å². The van der Waals surface area contributed by atoms with Crippen LogP contribution in [-0.4, -0.2) is 25.5 Å². The summed E-state index contributed by atoms with van der Waals surface area (Å²) in [5.74, 6) is 1.16. The van der Waals surface area contributed by atoms with E-state index in [1.165, 1.54) is 42.4 Å². The number of hydrogen-bond donors (Lipinski definition) is 1. The number of benzene rings is 2. The minimum absolute atomic E-state index is 0.0742. The number of fused-ring (bicyclic) bond motifs is 2. The molecule has 2 heterocycles. The van der Waals surface area contributed by atoms with E-state index in [1.54, 1.807) is 0 Å². The van der Waals surface area contributed by atoms with E-state index < -0.39 is 0 Å². The first kappa shape index (κ1) is 16.0. The fourth-order valence-electron chi connectivity index (χ4n) is 8.53. The summed E-state index contributed by atoms with van der Waals surface area (Å²) in [6.07, 6.45) is 7.16. The van der Waals surface area contributed by atoms with Gasteiger partial charge in [0, 0.05) is 35.3 Å². The topological polar surface area (TPSA) is 30.5 Å². The summed E-state index contributed by atoms with van der Waals surface area (Å²) in [7, 11) is 1.92. The molecule has 4 aliphatic carbocycles. The summed E-state index contributed by atoms with van der Waals surface area (Å²) in [6, 6.07) is 17.9. The first-order valence-corrected chi connectivity index (χ1v) is 10.9. The summed E-state index contributed by atoms with van der Waals surface area (Å²) < 4.78 is 13.4. The molecule has 1 saturated heterocycles. The van der Waals surface area contributed by atoms with Gasteiger partial charge in [-0.3, -0.25) is 5.32 Å². The van der Waals surface area contributed by atoms with Gasteiger partial charge in [-0.25, -0.2) is 0 Å². The van der Waals surface area contributed by atoms with Gasteiger partial charge in [-0.1, -0.05) is 42.5 Å². The van der Waals surface area contributed by atoms with Gasteiger partial charge in [-0.15, -0.1) is 0 Å². The number of hydrogen-bond acceptors (Lipinski definition) is 3. The minimum Gasteiger partial charge on any atom is -0.488 e. The molecule has 3 atom stereocenters. The van der Waals surface area contributed by atoms with Gasteiger partial charge >= 0.3 is 0 Å². The van der Waals surface area contributed by atoms with Crippen LogP contribution in [0, 0.1) is 5.41 Å². The van der Waals surface area contributed by atoms with Crippen LogP contribution in [0.25, 0.3) is 0 Å². The van der Waals surface area contributed by atoms with Gasteiger partial charge in [0.25, 0.3) is 0 Å². The molecule has 0 aromatic heterocycles. The van der Waals surface area contributed by atoms with E-state index >= 15 is 0 Å². The summed E-state index contributed by atoms with van der Waals surface area (Å²) >= 11 is 0. The SMILES string of the molecule is COC12Cc3cccc4c3C3(CCN1)C(O4)C1(c4ccccc4)CCC23CC1. The fraction of sp³-hybridized carbons (Fsp3) is 0.520. The van der Waals surface area contributed by atoms with Crippen molar-refractivity contribution in [3.63, 3.8) is 0 Å². The molecule has 0 radical (unpaired) electrons. The smallest absolute Gasteiger partial charge is 0.129 e. The van der Waals surface area contributed by atoms with Gasteiger partial charge in [0.05, 0.1) is 0 Å². The lowest BCUT2D eigenvalue weighted by Crippen LogP contribution is -2.82. The van der Waals surface area contributed by atoms with Gasteiger partial charge in [0.15, 0.2) is 0 Å². The van der Waals surface area contributed by atoms with Crippen molar-refractivity contribution in [3.8, 4) is 5.75 Å². The third-order valence-corrected chi connectivity index (χ3v) is 9.44. The van der Waals surface area contributed by atoms with Crippen LogP contribution in [0.5, 0.6) is 5.75 Å². The molecule has 3 saturated carbocycles. The van der Waals surface area contributed by atoms with Crippen molar-refractivity contribution in [1.29, 1.82) is 0 Å². The number of ether oxygens (including phenoxy) is 2. The maximum atomic E-state index is 6.97. The van der Waals surface area contributed by atoms with E-state index in [-0.39, 0.29) is 28.1 Å². The Morgan fingerprint density at radius 3 is 2.57 bits per heavy atom. The molecule has 2 aromatic carbocycles. The van der Waals surface area contributed by atoms with E-state index in [1.807, 2.05) is 7.11 Å². The molecule has 3 unspecified atom stereocenters. The first-order valence-electron chi connectivity index (χ1n) is 10.9. The van der Waals surface area contributed by atoms with E-state index in [0.717, 1.165) is 25.1 Å². The first-order chi connectivity index (χ1) is 13.7. The van der Waals surface area contributed by atoms with Crippen molar-refractivity contribution in [3.05, 3.63) is 65.2 Å². The zero-order valence-electron chi connectivity index (χ0n) is 16.5. The molecule has 3 nitrogen and oxygen atoms in total. The molecule has 4 fully saturated rings. The standard InChI is InChI=1S/C25H27NO2/c1-27-25-16-17-6-5-9-19-20(17)24(14-15-26-25)21(28-19)22(18-7-3-2-4-8-18)10-12-23(24,25)13-11-22/h2-9,21,26H,10-16H2,1H3. The molecular weight excluding hydrogens is 346 g/mol. The molecule has 144 valence electrons. The molecule has 2 aliphatic heterocycles. The van der Waals surface area contributed by atoms with Crippen LogP contribution in [0.15, 0.2) is 48.5 Å². The normalized spacial score (nSPS) is 44.1. The highest BCUT2D eigenvalue weighted by Crippen LogP contribution is 2.77.